The Morgan fingerprint density at radius 3 is 1.62 bits per heavy atom. The van der Waals surface area contributed by atoms with Crippen LogP contribution in [-0.2, 0) is 21.9 Å². The topological polar surface area (TPSA) is 168 Å². The fourth-order valence-electron chi connectivity index (χ4n) is 3.68. The summed E-state index contributed by atoms with van der Waals surface area (Å²) in [4.78, 5) is 10.1. The van der Waals surface area contributed by atoms with Crippen LogP contribution in [0.3, 0.4) is 0 Å². The molecule has 0 bridgehead atoms. The molecule has 2 aromatic carbocycles. The van der Waals surface area contributed by atoms with Crippen LogP contribution < -0.4 is 0 Å². The molecule has 0 aromatic heterocycles. The van der Waals surface area contributed by atoms with Gasteiger partial charge in [-0.2, -0.15) is 0 Å². The van der Waals surface area contributed by atoms with Gasteiger partial charge in [0.05, 0.1) is 40.0 Å². The predicted molar refractivity (Wildman–Crippen MR) is 127 cm³/mol. The van der Waals surface area contributed by atoms with E-state index in [-0.39, 0.29) is 24.3 Å². The lowest BCUT2D eigenvalue weighted by Gasteiger charge is -2.30. The van der Waals surface area contributed by atoms with Crippen molar-refractivity contribution in [3.8, 4) is 34.5 Å². The molecule has 0 amide bonds. The van der Waals surface area contributed by atoms with Crippen LogP contribution in [-0.4, -0.2) is 80.0 Å². The molecule has 11 heteroatoms. The molecule has 2 rings (SSSR count). The fraction of sp³-hybridized carbons (Fsp3) is 0.478. The van der Waals surface area contributed by atoms with Gasteiger partial charge in [-0.1, -0.05) is 0 Å². The summed E-state index contributed by atoms with van der Waals surface area (Å²) >= 11 is 0. The number of aryl methyl sites for hydroxylation is 2. The van der Waals surface area contributed by atoms with Crippen molar-refractivity contribution in [2.75, 3.05) is 40.0 Å². The second-order valence-electron chi connectivity index (χ2n) is 9.10. The molecule has 0 saturated carbocycles. The van der Waals surface area contributed by atoms with E-state index in [2.05, 4.69) is 0 Å². The van der Waals surface area contributed by atoms with E-state index >= 15 is 0 Å². The third-order valence-electron chi connectivity index (χ3n) is 5.59. The maximum atomic E-state index is 12.3. The number of hydrogen-bond donors (Lipinski definition) is 7. The van der Waals surface area contributed by atoms with E-state index in [0.29, 0.717) is 47.8 Å². The van der Waals surface area contributed by atoms with Crippen LogP contribution in [0.5, 0.6) is 34.5 Å². The first-order valence-corrected chi connectivity index (χ1v) is 12.8. The monoisotopic (exact) mass is 500 g/mol. The molecule has 0 spiro atoms. The van der Waals surface area contributed by atoms with E-state index in [0.717, 1.165) is 13.0 Å². The van der Waals surface area contributed by atoms with Gasteiger partial charge in [-0.3, -0.25) is 4.57 Å². The van der Waals surface area contributed by atoms with Crippen LogP contribution in [0.1, 0.15) is 30.4 Å². The predicted octanol–water partition coefficient (Wildman–Crippen LogP) is 3.15. The molecule has 190 valence electrons. The van der Waals surface area contributed by atoms with Crippen LogP contribution in [0, 0.1) is 0 Å². The smallest absolute Gasteiger partial charge is 0.328 e. The van der Waals surface area contributed by atoms with Crippen molar-refractivity contribution in [2.24, 2.45) is 0 Å². The molecule has 7 N–H and O–H groups in total. The Kier molecular flexibility index (Phi) is 9.46. The Hall–Kier alpha value is -2.65. The number of phenolic OH excluding ortho intramolecular Hbond substituents is 6. The summed E-state index contributed by atoms with van der Waals surface area (Å²) in [5.74, 6) is -2.69. The van der Waals surface area contributed by atoms with Crippen molar-refractivity contribution >= 4 is 7.60 Å². The Balaban J connectivity index is 1.68. The van der Waals surface area contributed by atoms with Gasteiger partial charge < -0.3 is 44.5 Å². The van der Waals surface area contributed by atoms with E-state index in [1.807, 2.05) is 14.1 Å². The zero-order valence-corrected chi connectivity index (χ0v) is 20.4. The average molecular weight is 501 g/mol. The molecule has 1 unspecified atom stereocenters. The zero-order valence-electron chi connectivity index (χ0n) is 19.5. The van der Waals surface area contributed by atoms with Gasteiger partial charge in [0.25, 0.3) is 0 Å². The van der Waals surface area contributed by atoms with Crippen molar-refractivity contribution in [2.45, 2.75) is 32.1 Å². The number of rotatable bonds is 13. The molecule has 10 nitrogen and oxygen atoms in total. The molecule has 0 saturated heterocycles. The summed E-state index contributed by atoms with van der Waals surface area (Å²) in [5.41, 5.74) is 1.28. The number of benzene rings is 2. The van der Waals surface area contributed by atoms with Gasteiger partial charge in [0.15, 0.2) is 34.5 Å². The van der Waals surface area contributed by atoms with Crippen LogP contribution in [0.4, 0.5) is 0 Å². The molecule has 0 fully saturated rings. The first-order chi connectivity index (χ1) is 15.8. The van der Waals surface area contributed by atoms with Gasteiger partial charge >= 0.3 is 7.60 Å². The van der Waals surface area contributed by atoms with Gasteiger partial charge in [-0.15, -0.1) is 0 Å². The van der Waals surface area contributed by atoms with E-state index < -0.39 is 30.6 Å². The molecule has 0 aliphatic carbocycles. The first-order valence-electron chi connectivity index (χ1n) is 11.1. The average Bonchev–Trinajstić information content (AvgIpc) is 2.72. The standard InChI is InChI=1S/C23H34NO9P/c1-24(2,8-3-6-16-12-18(25)22(29)19(26)13-16)9-5-11-34(31,32)33-10-4-7-17-14-20(27)23(30)21(28)15-17/h12-15H,3-11H2,1-2H3,(H6-,25,26,27,28,29,30,31,32)/p+1. The van der Waals surface area contributed by atoms with Crippen LogP contribution in [0.2, 0.25) is 0 Å². The molecule has 0 aliphatic rings. The lowest BCUT2D eigenvalue weighted by atomic mass is 10.1. The number of nitrogens with zero attached hydrogens (tertiary/aromatic N) is 1. The van der Waals surface area contributed by atoms with Crippen molar-refractivity contribution in [1.29, 1.82) is 0 Å². The molecule has 0 heterocycles. The summed E-state index contributed by atoms with van der Waals surface area (Å²) in [6.45, 7) is 1.47. The highest BCUT2D eigenvalue weighted by atomic mass is 31.2. The van der Waals surface area contributed by atoms with Crippen molar-refractivity contribution in [3.63, 3.8) is 0 Å². The summed E-state index contributed by atoms with van der Waals surface area (Å²) in [5, 5.41) is 57.0. The Morgan fingerprint density at radius 2 is 1.15 bits per heavy atom. The second-order valence-corrected chi connectivity index (χ2v) is 11.1. The molecule has 0 aliphatic heterocycles. The molecule has 1 atom stereocenters. The van der Waals surface area contributed by atoms with Crippen molar-refractivity contribution in [1.82, 2.24) is 0 Å². The summed E-state index contributed by atoms with van der Waals surface area (Å²) in [6.07, 6.45) is 2.66. The number of aromatic hydroxyl groups is 6. The first kappa shape index (κ1) is 27.6. The fourth-order valence-corrected chi connectivity index (χ4v) is 4.76. The van der Waals surface area contributed by atoms with Crippen LogP contribution >= 0.6 is 7.60 Å². The van der Waals surface area contributed by atoms with Gasteiger partial charge in [0, 0.05) is 12.8 Å². The largest absolute Gasteiger partial charge is 0.504 e. The highest BCUT2D eigenvalue weighted by Gasteiger charge is 2.22. The van der Waals surface area contributed by atoms with E-state index in [1.54, 1.807) is 0 Å². The summed E-state index contributed by atoms with van der Waals surface area (Å²) < 4.78 is 18.1. The lowest BCUT2D eigenvalue weighted by molar-refractivity contribution is -0.890. The minimum atomic E-state index is -3.74. The Bertz CT molecular complexity index is 979. The highest BCUT2D eigenvalue weighted by Crippen LogP contribution is 2.43. The molecular formula is C23H35NO9P+. The third kappa shape index (κ3) is 8.61. The summed E-state index contributed by atoms with van der Waals surface area (Å²) in [7, 11) is 0.278. The van der Waals surface area contributed by atoms with E-state index in [9.17, 15) is 40.1 Å². The van der Waals surface area contributed by atoms with Gasteiger partial charge in [-0.05, 0) is 54.7 Å². The SMILES string of the molecule is C[N+](C)(CCCc1cc(O)c(O)c(O)c1)CCCP(=O)(O)OCCCc1cc(O)c(O)c(O)c1. The number of quaternary nitrogens is 1. The Labute approximate surface area is 199 Å². The van der Waals surface area contributed by atoms with Crippen LogP contribution in [0.15, 0.2) is 24.3 Å². The van der Waals surface area contributed by atoms with E-state index in [4.69, 9.17) is 4.52 Å². The number of hydrogen-bond acceptors (Lipinski definition) is 8. The molecule has 2 aromatic rings. The lowest BCUT2D eigenvalue weighted by Crippen LogP contribution is -2.41. The Morgan fingerprint density at radius 1 is 0.735 bits per heavy atom. The highest BCUT2D eigenvalue weighted by molar-refractivity contribution is 7.52. The van der Waals surface area contributed by atoms with Gasteiger partial charge in [0.1, 0.15) is 0 Å². The number of phenols is 6. The van der Waals surface area contributed by atoms with Gasteiger partial charge in [-0.25, -0.2) is 0 Å². The zero-order chi connectivity index (χ0) is 25.5. The maximum Gasteiger partial charge on any atom is 0.328 e. The second kappa shape index (κ2) is 11.7. The normalized spacial score (nSPS) is 13.6. The minimum absolute atomic E-state index is 0.0230. The third-order valence-corrected chi connectivity index (χ3v) is 7.06. The maximum absolute atomic E-state index is 12.3. The summed E-state index contributed by atoms with van der Waals surface area (Å²) in [6, 6.07) is 5.48. The van der Waals surface area contributed by atoms with E-state index in [1.165, 1.54) is 24.3 Å². The minimum Gasteiger partial charge on any atom is -0.504 e. The molecular weight excluding hydrogens is 465 g/mol. The van der Waals surface area contributed by atoms with Crippen molar-refractivity contribution < 1.29 is 49.1 Å². The van der Waals surface area contributed by atoms with Crippen molar-refractivity contribution in [3.05, 3.63) is 35.4 Å². The quantitative estimate of drug-likeness (QED) is 0.0945. The molecule has 34 heavy (non-hydrogen) atoms. The van der Waals surface area contributed by atoms with Gasteiger partial charge in [0.2, 0.25) is 0 Å². The van der Waals surface area contributed by atoms with Crippen LogP contribution in [0.25, 0.3) is 0 Å². The molecule has 0 radical (unpaired) electrons.